The molecule has 7 heteroatoms. The molecule has 64 heavy (non-hydrogen) atoms. The number of hydrogen-bond acceptors (Lipinski definition) is 7. The van der Waals surface area contributed by atoms with Crippen LogP contribution < -0.4 is 0 Å². The average molecular weight is 840 g/mol. The molecular formula is C57H53N5O2. The molecule has 0 bridgehead atoms. The van der Waals surface area contributed by atoms with E-state index >= 15 is 0 Å². The Morgan fingerprint density at radius 2 is 0.969 bits per heavy atom. The first-order valence-electron chi connectivity index (χ1n) is 23.0. The van der Waals surface area contributed by atoms with Crippen molar-refractivity contribution in [1.82, 2.24) is 24.9 Å². The van der Waals surface area contributed by atoms with Crippen molar-refractivity contribution in [3.63, 3.8) is 0 Å². The summed E-state index contributed by atoms with van der Waals surface area (Å²) in [5, 5.41) is 4.21. The van der Waals surface area contributed by atoms with Gasteiger partial charge in [0.2, 0.25) is 11.4 Å². The molecule has 0 aliphatic rings. The maximum absolute atomic E-state index is 6.21. The average Bonchev–Trinajstić information content (AvgIpc) is 3.89. The van der Waals surface area contributed by atoms with Crippen LogP contribution in [0.25, 0.3) is 77.9 Å². The quantitative estimate of drug-likeness (QED) is 0.0843. The summed E-state index contributed by atoms with van der Waals surface area (Å²) in [4.78, 5) is 23.4. The Morgan fingerprint density at radius 3 is 1.61 bits per heavy atom. The van der Waals surface area contributed by atoms with Crippen LogP contribution in [0.3, 0.4) is 0 Å². The first-order valence-corrected chi connectivity index (χ1v) is 23.0. The van der Waals surface area contributed by atoms with Crippen LogP contribution in [0.2, 0.25) is 0 Å². The van der Waals surface area contributed by atoms with Crippen molar-refractivity contribution in [2.45, 2.75) is 90.9 Å². The van der Waals surface area contributed by atoms with E-state index in [1.165, 1.54) is 72.8 Å². The Kier molecular flexibility index (Phi) is 12.0. The molecule has 0 N–H and O–H groups in total. The van der Waals surface area contributed by atoms with Gasteiger partial charge in [-0.25, -0.2) is 9.97 Å². The third kappa shape index (κ3) is 9.07. The molecule has 0 spiro atoms. The molecule has 7 heterocycles. The van der Waals surface area contributed by atoms with Gasteiger partial charge in [0.1, 0.15) is 11.3 Å². The number of furan rings is 2. The maximum Gasteiger partial charge on any atom is 0.227 e. The molecule has 0 fully saturated rings. The lowest BCUT2D eigenvalue weighted by Gasteiger charge is -2.08. The van der Waals surface area contributed by atoms with Crippen LogP contribution in [0.5, 0.6) is 0 Å². The molecule has 0 radical (unpaired) electrons. The topological polar surface area (TPSA) is 90.7 Å². The van der Waals surface area contributed by atoms with Crippen molar-refractivity contribution in [1.29, 1.82) is 0 Å². The van der Waals surface area contributed by atoms with Crippen LogP contribution in [0, 0.1) is 13.8 Å². The number of nitrogens with zero attached hydrogens (tertiary/aromatic N) is 5. The van der Waals surface area contributed by atoms with E-state index in [0.29, 0.717) is 11.4 Å². The lowest BCUT2D eigenvalue weighted by molar-refractivity contribution is 0.639. The second-order valence-corrected chi connectivity index (χ2v) is 17.4. The number of benzene rings is 3. The van der Waals surface area contributed by atoms with E-state index in [4.69, 9.17) is 18.8 Å². The van der Waals surface area contributed by atoms with Gasteiger partial charge < -0.3 is 8.83 Å². The summed E-state index contributed by atoms with van der Waals surface area (Å²) in [7, 11) is 0. The van der Waals surface area contributed by atoms with E-state index in [1.807, 2.05) is 50.6 Å². The molecule has 10 rings (SSSR count). The van der Waals surface area contributed by atoms with E-state index in [0.717, 1.165) is 104 Å². The van der Waals surface area contributed by atoms with Gasteiger partial charge in [-0.1, -0.05) is 92.4 Å². The van der Waals surface area contributed by atoms with Crippen molar-refractivity contribution in [3.05, 3.63) is 174 Å². The SMILES string of the molecule is Cc1ccc2c(n1)oc1c(-c3ccc(CCCCCCc4ccnc(-c5ccc(CCCCCCc6ccc(-c7nccc8c7oc7nc(C)ccc78)cc6)cc5)c4)cn3)cccc12. The van der Waals surface area contributed by atoms with Gasteiger partial charge in [0.25, 0.3) is 0 Å². The molecular weight excluding hydrogens is 787 g/mol. The summed E-state index contributed by atoms with van der Waals surface area (Å²) >= 11 is 0. The first kappa shape index (κ1) is 41.0. The predicted molar refractivity (Wildman–Crippen MR) is 260 cm³/mol. The predicted octanol–water partition coefficient (Wildman–Crippen LogP) is 14.8. The number of unbranched alkanes of at least 4 members (excludes halogenated alkanes) is 6. The Morgan fingerprint density at radius 1 is 0.406 bits per heavy atom. The highest BCUT2D eigenvalue weighted by Gasteiger charge is 2.16. The molecule has 3 aromatic carbocycles. The van der Waals surface area contributed by atoms with Crippen molar-refractivity contribution < 1.29 is 8.83 Å². The van der Waals surface area contributed by atoms with Crippen LogP contribution in [0.15, 0.2) is 149 Å². The number of rotatable bonds is 17. The second kappa shape index (κ2) is 18.8. The van der Waals surface area contributed by atoms with E-state index in [2.05, 4.69) is 118 Å². The maximum atomic E-state index is 6.21. The molecule has 10 aromatic rings. The van der Waals surface area contributed by atoms with Crippen molar-refractivity contribution >= 4 is 44.1 Å². The third-order valence-corrected chi connectivity index (χ3v) is 12.7. The molecule has 0 aliphatic heterocycles. The fourth-order valence-corrected chi connectivity index (χ4v) is 9.07. The van der Waals surface area contributed by atoms with Crippen molar-refractivity contribution in [3.8, 4) is 33.8 Å². The van der Waals surface area contributed by atoms with E-state index in [1.54, 1.807) is 0 Å². The van der Waals surface area contributed by atoms with Gasteiger partial charge in [0, 0.05) is 68.2 Å². The van der Waals surface area contributed by atoms with Crippen LogP contribution in [0.1, 0.15) is 85.0 Å². The molecule has 7 aromatic heterocycles. The number of aromatic nitrogens is 5. The lowest BCUT2D eigenvalue weighted by atomic mass is 10.00. The monoisotopic (exact) mass is 839 g/mol. The summed E-state index contributed by atoms with van der Waals surface area (Å²) < 4.78 is 12.4. The molecule has 0 atom stereocenters. The highest BCUT2D eigenvalue weighted by Crippen LogP contribution is 2.36. The van der Waals surface area contributed by atoms with Gasteiger partial charge in [-0.2, -0.15) is 0 Å². The van der Waals surface area contributed by atoms with Gasteiger partial charge in [-0.3, -0.25) is 15.0 Å². The van der Waals surface area contributed by atoms with E-state index in [-0.39, 0.29) is 0 Å². The standard InChI is InChI=1S/C57H53N5O2/c1-38-18-29-48-46-16-11-17-50(54(46)63-56(48)61-38)51-31-24-43(37-60-51)15-10-6-5-9-14-42-32-34-58-52(36-42)44-25-20-40(21-26-44)12-7-3-4-8-13-41-22-27-45(28-23-41)53-55-47(33-35-59-53)49-30-19-39(2)62-57(49)64-55/h11,16-37H,3-10,12-15H2,1-2H3. The van der Waals surface area contributed by atoms with Gasteiger partial charge in [0.15, 0.2) is 5.58 Å². The highest BCUT2D eigenvalue weighted by molar-refractivity contribution is 6.09. The van der Waals surface area contributed by atoms with Crippen molar-refractivity contribution in [2.75, 3.05) is 0 Å². The zero-order valence-corrected chi connectivity index (χ0v) is 36.8. The summed E-state index contributed by atoms with van der Waals surface area (Å²) in [5.74, 6) is 0. The van der Waals surface area contributed by atoms with Gasteiger partial charge >= 0.3 is 0 Å². The zero-order chi connectivity index (χ0) is 43.2. The number of pyridine rings is 5. The van der Waals surface area contributed by atoms with Crippen LogP contribution >= 0.6 is 0 Å². The summed E-state index contributed by atoms with van der Waals surface area (Å²) in [6.07, 6.45) is 19.8. The Hall–Kier alpha value is -6.99. The molecule has 0 saturated carbocycles. The van der Waals surface area contributed by atoms with Crippen LogP contribution in [-0.4, -0.2) is 24.9 Å². The van der Waals surface area contributed by atoms with Gasteiger partial charge in [-0.15, -0.1) is 0 Å². The number of fused-ring (bicyclic) bond motifs is 6. The Bertz CT molecular complexity index is 3180. The molecule has 0 aliphatic carbocycles. The van der Waals surface area contributed by atoms with Crippen LogP contribution in [0.4, 0.5) is 0 Å². The van der Waals surface area contributed by atoms with E-state index < -0.39 is 0 Å². The molecule has 0 amide bonds. The minimum absolute atomic E-state index is 0.669. The zero-order valence-electron chi connectivity index (χ0n) is 36.8. The molecule has 0 unspecified atom stereocenters. The summed E-state index contributed by atoms with van der Waals surface area (Å²) in [6.45, 7) is 3.97. The first-order chi connectivity index (χ1) is 31.5. The third-order valence-electron chi connectivity index (χ3n) is 12.7. The molecule has 318 valence electrons. The van der Waals surface area contributed by atoms with Crippen LogP contribution in [-0.2, 0) is 25.7 Å². The minimum Gasteiger partial charge on any atom is -0.437 e. The number of para-hydroxylation sites is 1. The summed E-state index contributed by atoms with van der Waals surface area (Å²) in [6, 6.07) is 43.1. The smallest absolute Gasteiger partial charge is 0.227 e. The fraction of sp³-hybridized carbons (Fsp3) is 0.246. The van der Waals surface area contributed by atoms with Gasteiger partial charge in [0.05, 0.1) is 11.4 Å². The number of hydrogen-bond donors (Lipinski definition) is 0. The largest absolute Gasteiger partial charge is 0.437 e. The Balaban J connectivity index is 0.628. The lowest BCUT2D eigenvalue weighted by Crippen LogP contribution is -1.92. The second-order valence-electron chi connectivity index (χ2n) is 17.4. The van der Waals surface area contributed by atoms with E-state index in [9.17, 15) is 0 Å². The van der Waals surface area contributed by atoms with Crippen molar-refractivity contribution in [2.24, 2.45) is 0 Å². The fourth-order valence-electron chi connectivity index (χ4n) is 9.07. The number of aryl methyl sites for hydroxylation is 6. The molecule has 0 saturated heterocycles. The minimum atomic E-state index is 0.669. The highest BCUT2D eigenvalue weighted by atomic mass is 16.3. The molecule has 7 nitrogen and oxygen atoms in total. The normalized spacial score (nSPS) is 11.7. The van der Waals surface area contributed by atoms with Gasteiger partial charge in [-0.05, 0) is 142 Å². The Labute approximate surface area is 374 Å². The summed E-state index contributed by atoms with van der Waals surface area (Å²) in [5.41, 5.74) is 16.4.